The van der Waals surface area contributed by atoms with Crippen LogP contribution in [0.5, 0.6) is 0 Å². The lowest BCUT2D eigenvalue weighted by Gasteiger charge is -2.11. The second kappa shape index (κ2) is 8.39. The van der Waals surface area contributed by atoms with E-state index < -0.39 is 5.91 Å². The molecular weight excluding hydrogens is 306 g/mol. The van der Waals surface area contributed by atoms with Crippen LogP contribution in [0.3, 0.4) is 0 Å². The number of allylic oxidation sites excluding steroid dienone is 1. The third-order valence-electron chi connectivity index (χ3n) is 3.18. The molecule has 2 aromatic rings. The van der Waals surface area contributed by atoms with Crippen LogP contribution < -0.4 is 22.5 Å². The molecule has 1 unspecified atom stereocenters. The normalized spacial score (nSPS) is 13.0. The molecule has 0 saturated heterocycles. The van der Waals surface area contributed by atoms with Crippen molar-refractivity contribution in [3.63, 3.8) is 0 Å². The van der Waals surface area contributed by atoms with Crippen LogP contribution in [0.1, 0.15) is 22.1 Å². The van der Waals surface area contributed by atoms with E-state index in [0.717, 1.165) is 5.56 Å². The number of benzene rings is 1. The van der Waals surface area contributed by atoms with Gasteiger partial charge >= 0.3 is 0 Å². The summed E-state index contributed by atoms with van der Waals surface area (Å²) < 4.78 is 0. The number of nitrogens with zero attached hydrogens (tertiary/aromatic N) is 3. The van der Waals surface area contributed by atoms with Gasteiger partial charge < -0.3 is 22.5 Å². The first-order valence-electron chi connectivity index (χ1n) is 7.23. The summed E-state index contributed by atoms with van der Waals surface area (Å²) in [6.07, 6.45) is 5.46. The number of nitrogens with one attached hydrogen (secondary N) is 1. The highest BCUT2D eigenvalue weighted by Gasteiger charge is 2.13. The maximum Gasteiger partial charge on any atom is 0.278 e. The minimum Gasteiger partial charge on any atom is -0.403 e. The Morgan fingerprint density at radius 1 is 1.25 bits per heavy atom. The summed E-state index contributed by atoms with van der Waals surface area (Å²) in [6, 6.07) is 9.36. The number of nitrogens with two attached hydrogens (primary N) is 3. The van der Waals surface area contributed by atoms with E-state index in [4.69, 9.17) is 17.2 Å². The quantitative estimate of drug-likeness (QED) is 0.564. The number of anilines is 1. The van der Waals surface area contributed by atoms with Crippen molar-refractivity contribution in [2.24, 2.45) is 16.5 Å². The molecule has 1 aromatic heterocycles. The Bertz CT molecular complexity index is 743. The number of rotatable bonds is 6. The Morgan fingerprint density at radius 3 is 2.58 bits per heavy atom. The van der Waals surface area contributed by atoms with Crippen LogP contribution in [0.15, 0.2) is 59.6 Å². The average Bonchev–Trinajstić information content (AvgIpc) is 2.62. The van der Waals surface area contributed by atoms with Crippen molar-refractivity contribution in [3.8, 4) is 0 Å². The Balaban J connectivity index is 2.09. The molecule has 8 heteroatoms. The fraction of sp³-hybridized carbons (Fsp3) is 0.125. The molecule has 7 N–H and O–H groups in total. The summed E-state index contributed by atoms with van der Waals surface area (Å²) in [5.41, 5.74) is 18.2. The molecule has 1 heterocycles. The smallest absolute Gasteiger partial charge is 0.278 e. The van der Waals surface area contributed by atoms with Gasteiger partial charge in [-0.3, -0.25) is 9.79 Å². The van der Waals surface area contributed by atoms with Crippen LogP contribution in [0, 0.1) is 0 Å². The standard InChI is InChI=1S/C16H19N7O/c17-8-12(23-16(24)14-15(19)21-7-6-20-14)10-22-13(9-18)11-4-2-1-3-5-11/h1-8,10,13H,9,17-18H2,(H2,19,21)(H,23,24)/b12-8+,22-10?. The molecule has 0 aliphatic rings. The molecule has 8 nitrogen and oxygen atoms in total. The van der Waals surface area contributed by atoms with Crippen molar-refractivity contribution >= 4 is 17.9 Å². The van der Waals surface area contributed by atoms with E-state index in [2.05, 4.69) is 20.3 Å². The van der Waals surface area contributed by atoms with Gasteiger partial charge in [-0.15, -0.1) is 0 Å². The van der Waals surface area contributed by atoms with E-state index in [1.165, 1.54) is 24.8 Å². The highest BCUT2D eigenvalue weighted by Crippen LogP contribution is 2.15. The SMILES string of the molecule is N/C=C(\C=NC(CN)c1ccccc1)NC(=O)c1nccnc1N. The second-order valence-corrected chi connectivity index (χ2v) is 4.81. The molecule has 0 spiro atoms. The van der Waals surface area contributed by atoms with Gasteiger partial charge in [0.2, 0.25) is 0 Å². The monoisotopic (exact) mass is 325 g/mol. The summed E-state index contributed by atoms with van der Waals surface area (Å²) in [5.74, 6) is -0.486. The van der Waals surface area contributed by atoms with Crippen molar-refractivity contribution < 1.29 is 4.79 Å². The number of aliphatic imine (C=N–C) groups is 1. The topological polar surface area (TPSA) is 145 Å². The van der Waals surface area contributed by atoms with E-state index >= 15 is 0 Å². The van der Waals surface area contributed by atoms with Crippen molar-refractivity contribution in [2.45, 2.75) is 6.04 Å². The van der Waals surface area contributed by atoms with Gasteiger partial charge in [-0.25, -0.2) is 9.97 Å². The Kier molecular flexibility index (Phi) is 5.98. The first kappa shape index (κ1) is 17.1. The number of carbonyl (C=O) groups excluding carboxylic acids is 1. The second-order valence-electron chi connectivity index (χ2n) is 4.81. The van der Waals surface area contributed by atoms with Gasteiger partial charge in [-0.2, -0.15) is 0 Å². The molecule has 0 aliphatic heterocycles. The van der Waals surface area contributed by atoms with Crippen molar-refractivity contribution in [3.05, 3.63) is 65.9 Å². The van der Waals surface area contributed by atoms with Gasteiger partial charge in [0.15, 0.2) is 11.5 Å². The predicted octanol–water partition coefficient (Wildman–Crippen LogP) is 0.360. The fourth-order valence-corrected chi connectivity index (χ4v) is 1.96. The minimum atomic E-state index is -0.521. The van der Waals surface area contributed by atoms with Crippen LogP contribution in [0.4, 0.5) is 5.82 Å². The molecular formula is C16H19N7O. The third kappa shape index (κ3) is 4.37. The Hall–Kier alpha value is -3.26. The third-order valence-corrected chi connectivity index (χ3v) is 3.18. The highest BCUT2D eigenvalue weighted by molar-refractivity contribution is 6.00. The summed E-state index contributed by atoms with van der Waals surface area (Å²) in [5, 5.41) is 2.58. The lowest BCUT2D eigenvalue weighted by Crippen LogP contribution is -2.26. The number of amides is 1. The lowest BCUT2D eigenvalue weighted by atomic mass is 10.1. The van der Waals surface area contributed by atoms with Crippen molar-refractivity contribution in [1.82, 2.24) is 15.3 Å². The van der Waals surface area contributed by atoms with Crippen LogP contribution in [-0.2, 0) is 0 Å². The number of hydrogen-bond acceptors (Lipinski definition) is 7. The number of nitrogen functional groups attached to an aromatic ring is 1. The first-order valence-corrected chi connectivity index (χ1v) is 7.23. The van der Waals surface area contributed by atoms with E-state index in [1.54, 1.807) is 0 Å². The first-order chi connectivity index (χ1) is 11.7. The van der Waals surface area contributed by atoms with E-state index in [9.17, 15) is 4.79 Å². The number of carbonyl (C=O) groups is 1. The van der Waals surface area contributed by atoms with E-state index in [1.807, 2.05) is 30.3 Å². The largest absolute Gasteiger partial charge is 0.403 e. The van der Waals surface area contributed by atoms with Crippen LogP contribution in [0.2, 0.25) is 0 Å². The zero-order valence-corrected chi connectivity index (χ0v) is 13.0. The minimum absolute atomic E-state index is 0.0173. The van der Waals surface area contributed by atoms with E-state index in [-0.39, 0.29) is 17.6 Å². The van der Waals surface area contributed by atoms with Gasteiger partial charge in [-0.05, 0) is 5.56 Å². The van der Waals surface area contributed by atoms with Gasteiger partial charge in [0, 0.05) is 31.4 Å². The molecule has 124 valence electrons. The summed E-state index contributed by atoms with van der Waals surface area (Å²) in [4.78, 5) is 24.2. The van der Waals surface area contributed by atoms with Gasteiger partial charge in [0.25, 0.3) is 5.91 Å². The Labute approximate surface area is 139 Å². The Morgan fingerprint density at radius 2 is 1.96 bits per heavy atom. The number of aromatic nitrogens is 2. The molecule has 2 rings (SSSR count). The maximum atomic E-state index is 12.1. The van der Waals surface area contributed by atoms with E-state index in [0.29, 0.717) is 12.2 Å². The zero-order chi connectivity index (χ0) is 17.4. The van der Waals surface area contributed by atoms with Crippen LogP contribution >= 0.6 is 0 Å². The molecule has 0 aliphatic carbocycles. The molecule has 0 saturated carbocycles. The van der Waals surface area contributed by atoms with Crippen molar-refractivity contribution in [1.29, 1.82) is 0 Å². The molecule has 0 radical (unpaired) electrons. The summed E-state index contributed by atoms with van der Waals surface area (Å²) in [6.45, 7) is 0.323. The molecule has 0 fully saturated rings. The summed E-state index contributed by atoms with van der Waals surface area (Å²) in [7, 11) is 0. The molecule has 0 bridgehead atoms. The molecule has 1 amide bonds. The lowest BCUT2D eigenvalue weighted by molar-refractivity contribution is 0.0963. The average molecular weight is 325 g/mol. The fourth-order valence-electron chi connectivity index (χ4n) is 1.96. The summed E-state index contributed by atoms with van der Waals surface area (Å²) >= 11 is 0. The number of hydrogen-bond donors (Lipinski definition) is 4. The molecule has 24 heavy (non-hydrogen) atoms. The van der Waals surface area contributed by atoms with Gasteiger partial charge in [0.1, 0.15) is 0 Å². The highest BCUT2D eigenvalue weighted by atomic mass is 16.1. The van der Waals surface area contributed by atoms with Crippen molar-refractivity contribution in [2.75, 3.05) is 12.3 Å². The molecule has 1 atom stereocenters. The molecule has 1 aromatic carbocycles. The van der Waals surface area contributed by atoms with Crippen LogP contribution in [0.25, 0.3) is 0 Å². The van der Waals surface area contributed by atoms with Crippen LogP contribution in [-0.4, -0.2) is 28.6 Å². The van der Waals surface area contributed by atoms with Gasteiger partial charge in [-0.1, -0.05) is 30.3 Å². The zero-order valence-electron chi connectivity index (χ0n) is 13.0. The maximum absolute atomic E-state index is 12.1. The predicted molar refractivity (Wildman–Crippen MR) is 92.9 cm³/mol. The van der Waals surface area contributed by atoms with Gasteiger partial charge in [0.05, 0.1) is 11.7 Å².